The third-order valence-corrected chi connectivity index (χ3v) is 6.07. The largest absolute Gasteiger partial charge is 0.279 e. The van der Waals surface area contributed by atoms with E-state index in [0.29, 0.717) is 0 Å². The van der Waals surface area contributed by atoms with E-state index < -0.39 is 10.0 Å². The average Bonchev–Trinajstić information content (AvgIpc) is 2.63. The van der Waals surface area contributed by atoms with Crippen LogP contribution in [0.2, 0.25) is 0 Å². The Morgan fingerprint density at radius 2 is 1.56 bits per heavy atom. The second-order valence-corrected chi connectivity index (χ2v) is 8.35. The third-order valence-electron chi connectivity index (χ3n) is 4.44. The number of sulfonamides is 1. The molecule has 1 saturated carbocycles. The van der Waals surface area contributed by atoms with E-state index >= 15 is 0 Å². The highest BCUT2D eigenvalue weighted by Gasteiger charge is 2.24. The van der Waals surface area contributed by atoms with E-state index in [1.165, 1.54) is 10.8 Å². The molecule has 0 atom stereocenters. The Labute approximate surface area is 150 Å². The van der Waals surface area contributed by atoms with Crippen molar-refractivity contribution in [1.82, 2.24) is 4.41 Å². The first-order valence-corrected chi connectivity index (χ1v) is 10.2. The fourth-order valence-electron chi connectivity index (χ4n) is 2.96. The van der Waals surface area contributed by atoms with Gasteiger partial charge in [0.1, 0.15) is 0 Å². The van der Waals surface area contributed by atoms with E-state index in [9.17, 15) is 8.42 Å². The van der Waals surface area contributed by atoms with Gasteiger partial charge in [0.25, 0.3) is 10.0 Å². The summed E-state index contributed by atoms with van der Waals surface area (Å²) in [6, 6.07) is 16.6. The maximum atomic E-state index is 13.1. The van der Waals surface area contributed by atoms with Crippen LogP contribution in [0.4, 0.5) is 0 Å². The highest BCUT2D eigenvalue weighted by atomic mass is 32.2. The number of nitrogens with zero attached hydrogens (tertiary/aromatic N) is 2. The summed E-state index contributed by atoms with van der Waals surface area (Å²) in [5.41, 5.74) is 2.95. The predicted molar refractivity (Wildman–Crippen MR) is 101 cm³/mol. The lowest BCUT2D eigenvalue weighted by molar-refractivity contribution is 0.421. The molecule has 0 amide bonds. The van der Waals surface area contributed by atoms with Crippen LogP contribution >= 0.6 is 0 Å². The number of hydrogen-bond donors (Lipinski definition) is 0. The van der Waals surface area contributed by atoms with Crippen LogP contribution in [0.5, 0.6) is 0 Å². The zero-order chi connectivity index (χ0) is 17.7. The molecule has 0 radical (unpaired) electrons. The Kier molecular flexibility index (Phi) is 5.53. The molecule has 4 nitrogen and oxygen atoms in total. The van der Waals surface area contributed by atoms with Crippen molar-refractivity contribution in [3.8, 4) is 0 Å². The summed E-state index contributed by atoms with van der Waals surface area (Å²) in [4.78, 5) is 0.286. The van der Waals surface area contributed by atoms with Crippen LogP contribution in [0.25, 0.3) is 0 Å². The second-order valence-electron chi connectivity index (χ2n) is 6.51. The maximum absolute atomic E-state index is 13.1. The molecule has 1 aliphatic rings. The third kappa shape index (κ3) is 4.48. The van der Waals surface area contributed by atoms with Gasteiger partial charge in [0, 0.05) is 5.71 Å². The lowest BCUT2D eigenvalue weighted by atomic mass is 9.99. The molecule has 25 heavy (non-hydrogen) atoms. The van der Waals surface area contributed by atoms with E-state index in [4.69, 9.17) is 0 Å². The summed E-state index contributed by atoms with van der Waals surface area (Å²) in [6.07, 6.45) is 5.14. The summed E-state index contributed by atoms with van der Waals surface area (Å²) in [6.45, 7) is 2.20. The van der Waals surface area contributed by atoms with E-state index in [1.54, 1.807) is 12.1 Å². The van der Waals surface area contributed by atoms with Gasteiger partial charge in [-0.2, -0.15) is 17.9 Å². The summed E-state index contributed by atoms with van der Waals surface area (Å²) >= 11 is 0. The van der Waals surface area contributed by atoms with Crippen LogP contribution < -0.4 is 0 Å². The minimum Gasteiger partial charge on any atom is -0.200 e. The van der Waals surface area contributed by atoms with Crippen LogP contribution in [-0.4, -0.2) is 18.5 Å². The van der Waals surface area contributed by atoms with Gasteiger partial charge >= 0.3 is 0 Å². The first-order chi connectivity index (χ1) is 12.1. The molecule has 2 aromatic rings. The number of benzene rings is 2. The fraction of sp³-hybridized carbons (Fsp3) is 0.350. The molecule has 0 unspecified atom stereocenters. The minimum absolute atomic E-state index is 0.251. The predicted octanol–water partition coefficient (Wildman–Crippen LogP) is 4.51. The van der Waals surface area contributed by atoms with Crippen LogP contribution in [0.3, 0.4) is 0 Å². The second kappa shape index (κ2) is 7.83. The zero-order valence-corrected chi connectivity index (χ0v) is 15.4. The van der Waals surface area contributed by atoms with Gasteiger partial charge in [-0.25, -0.2) is 0 Å². The molecule has 0 bridgehead atoms. The first-order valence-electron chi connectivity index (χ1n) is 8.75. The molecule has 0 aromatic heterocycles. The van der Waals surface area contributed by atoms with Crippen LogP contribution in [0.1, 0.15) is 43.2 Å². The molecule has 0 aliphatic heterocycles. The Bertz CT molecular complexity index is 820. The van der Waals surface area contributed by atoms with Crippen LogP contribution in [-0.2, 0) is 16.6 Å². The van der Waals surface area contributed by atoms with Crippen molar-refractivity contribution in [2.45, 2.75) is 50.5 Å². The molecule has 2 aromatic carbocycles. The lowest BCUT2D eigenvalue weighted by Gasteiger charge is -2.22. The zero-order valence-electron chi connectivity index (χ0n) is 14.6. The summed E-state index contributed by atoms with van der Waals surface area (Å²) in [5, 5.41) is 4.56. The monoisotopic (exact) mass is 356 g/mol. The molecule has 1 fully saturated rings. The van der Waals surface area contributed by atoms with Gasteiger partial charge in [0.05, 0.1) is 11.4 Å². The molecule has 132 valence electrons. The summed E-state index contributed by atoms with van der Waals surface area (Å²) in [5.74, 6) is 0. The molecular formula is C20H24N2O2S. The Morgan fingerprint density at radius 3 is 2.20 bits per heavy atom. The Balaban J connectivity index is 1.95. The van der Waals surface area contributed by atoms with Gasteiger partial charge < -0.3 is 0 Å². The maximum Gasteiger partial charge on any atom is 0.279 e. The number of hydrogen-bond acceptors (Lipinski definition) is 3. The molecule has 5 heteroatoms. The van der Waals surface area contributed by atoms with Gasteiger partial charge in [0.15, 0.2) is 0 Å². The lowest BCUT2D eigenvalue weighted by Crippen LogP contribution is -2.27. The normalized spacial score (nSPS) is 15.0. The highest BCUT2D eigenvalue weighted by Crippen LogP contribution is 2.22. The first kappa shape index (κ1) is 17.7. The van der Waals surface area contributed by atoms with Gasteiger partial charge in [-0.15, -0.1) is 0 Å². The summed E-state index contributed by atoms with van der Waals surface area (Å²) < 4.78 is 27.6. The van der Waals surface area contributed by atoms with Crippen molar-refractivity contribution >= 4 is 15.7 Å². The Hall–Kier alpha value is -2.14. The molecule has 0 heterocycles. The molecule has 0 N–H and O–H groups in total. The van der Waals surface area contributed by atoms with Crippen molar-refractivity contribution < 1.29 is 8.42 Å². The van der Waals surface area contributed by atoms with Crippen molar-refractivity contribution in [2.24, 2.45) is 5.10 Å². The SMILES string of the molecule is Cc1ccc(S(=O)(=O)N(Cc2ccccc2)N=C2CCCCC2)cc1. The van der Waals surface area contributed by atoms with Crippen molar-refractivity contribution in [3.05, 3.63) is 65.7 Å². The summed E-state index contributed by atoms with van der Waals surface area (Å²) in [7, 11) is -3.67. The van der Waals surface area contributed by atoms with E-state index in [1.807, 2.05) is 49.4 Å². The quantitative estimate of drug-likeness (QED) is 0.740. The van der Waals surface area contributed by atoms with Gasteiger partial charge in [0.2, 0.25) is 0 Å². The molecule has 0 saturated heterocycles. The van der Waals surface area contributed by atoms with Crippen molar-refractivity contribution in [3.63, 3.8) is 0 Å². The highest BCUT2D eigenvalue weighted by molar-refractivity contribution is 7.89. The average molecular weight is 356 g/mol. The van der Waals surface area contributed by atoms with E-state index in [0.717, 1.165) is 42.5 Å². The van der Waals surface area contributed by atoms with Crippen LogP contribution in [0, 0.1) is 6.92 Å². The number of rotatable bonds is 5. The molecule has 1 aliphatic carbocycles. The van der Waals surface area contributed by atoms with Gasteiger partial charge in [-0.05, 0) is 50.3 Å². The fourth-order valence-corrected chi connectivity index (χ4v) is 4.23. The van der Waals surface area contributed by atoms with E-state index in [-0.39, 0.29) is 11.4 Å². The topological polar surface area (TPSA) is 49.7 Å². The van der Waals surface area contributed by atoms with Crippen molar-refractivity contribution in [1.29, 1.82) is 0 Å². The molecule has 0 spiro atoms. The van der Waals surface area contributed by atoms with Crippen molar-refractivity contribution in [2.75, 3.05) is 0 Å². The standard InChI is InChI=1S/C20H24N2O2S/c1-17-12-14-20(15-13-17)25(23,24)22(16-18-8-4-2-5-9-18)21-19-10-6-3-7-11-19/h2,4-5,8-9,12-15H,3,6-7,10-11,16H2,1H3. The molecule has 3 rings (SSSR count). The Morgan fingerprint density at radius 1 is 0.920 bits per heavy atom. The minimum atomic E-state index is -3.67. The number of hydrazone groups is 1. The number of aryl methyl sites for hydroxylation is 1. The van der Waals surface area contributed by atoms with Gasteiger partial charge in [-0.1, -0.05) is 54.4 Å². The van der Waals surface area contributed by atoms with E-state index in [2.05, 4.69) is 5.10 Å². The molecular weight excluding hydrogens is 332 g/mol. The van der Waals surface area contributed by atoms with Crippen LogP contribution in [0.15, 0.2) is 64.6 Å². The smallest absolute Gasteiger partial charge is 0.200 e. The van der Waals surface area contributed by atoms with Gasteiger partial charge in [-0.3, -0.25) is 0 Å².